The van der Waals surface area contributed by atoms with Crippen LogP contribution >= 0.6 is 0 Å². The number of nitrogens with zero attached hydrogens (tertiary/aromatic N) is 2. The molecule has 0 unspecified atom stereocenters. The Labute approximate surface area is 107 Å². The predicted octanol–water partition coefficient (Wildman–Crippen LogP) is 2.96. The van der Waals surface area contributed by atoms with Crippen LogP contribution in [0.1, 0.15) is 21.9 Å². The van der Waals surface area contributed by atoms with Crippen molar-refractivity contribution >= 4 is 6.29 Å². The molecule has 0 bridgehead atoms. The third-order valence-corrected chi connectivity index (χ3v) is 2.75. The molecule has 0 spiro atoms. The Kier molecular flexibility index (Phi) is 3.69. The van der Waals surface area contributed by atoms with Gasteiger partial charge in [-0.2, -0.15) is 13.2 Å². The molecule has 0 saturated heterocycles. The van der Waals surface area contributed by atoms with Gasteiger partial charge < -0.3 is 4.57 Å². The number of aromatic nitrogens is 2. The van der Waals surface area contributed by atoms with Gasteiger partial charge in [-0.1, -0.05) is 30.3 Å². The predicted molar refractivity (Wildman–Crippen MR) is 62.8 cm³/mol. The first-order chi connectivity index (χ1) is 9.02. The van der Waals surface area contributed by atoms with Crippen LogP contribution in [-0.4, -0.2) is 15.8 Å². The Morgan fingerprint density at radius 3 is 2.47 bits per heavy atom. The molecule has 1 aromatic carbocycles. The van der Waals surface area contributed by atoms with Crippen LogP contribution in [0.15, 0.2) is 36.5 Å². The average molecular weight is 268 g/mol. The van der Waals surface area contributed by atoms with Gasteiger partial charge in [-0.3, -0.25) is 4.79 Å². The van der Waals surface area contributed by atoms with E-state index >= 15 is 0 Å². The van der Waals surface area contributed by atoms with E-state index in [4.69, 9.17) is 0 Å². The first-order valence-corrected chi connectivity index (χ1v) is 5.64. The second kappa shape index (κ2) is 5.26. The van der Waals surface area contributed by atoms with E-state index in [2.05, 4.69) is 4.98 Å². The number of imidazole rings is 1. The SMILES string of the molecule is O=Cc1ncc(C(F)(F)F)n1CCc1ccccc1. The third-order valence-electron chi connectivity index (χ3n) is 2.75. The Bertz CT molecular complexity index is 561. The molecule has 0 saturated carbocycles. The summed E-state index contributed by atoms with van der Waals surface area (Å²) in [4.78, 5) is 14.2. The molecule has 0 aliphatic carbocycles. The van der Waals surface area contributed by atoms with Gasteiger partial charge >= 0.3 is 6.18 Å². The van der Waals surface area contributed by atoms with Crippen LogP contribution in [0, 0.1) is 0 Å². The molecule has 0 atom stereocenters. The first kappa shape index (κ1) is 13.3. The fourth-order valence-electron chi connectivity index (χ4n) is 1.83. The normalized spacial score (nSPS) is 11.5. The molecular formula is C13H11F3N2O. The molecule has 1 heterocycles. The van der Waals surface area contributed by atoms with Gasteiger partial charge in [-0.15, -0.1) is 0 Å². The zero-order chi connectivity index (χ0) is 13.9. The molecule has 19 heavy (non-hydrogen) atoms. The topological polar surface area (TPSA) is 34.9 Å². The number of carbonyl (C=O) groups excluding carboxylic acids is 1. The van der Waals surface area contributed by atoms with E-state index in [0.717, 1.165) is 10.1 Å². The van der Waals surface area contributed by atoms with Crippen molar-refractivity contribution in [2.45, 2.75) is 19.1 Å². The van der Waals surface area contributed by atoms with Gasteiger partial charge in [0, 0.05) is 6.54 Å². The van der Waals surface area contributed by atoms with E-state index in [1.807, 2.05) is 30.3 Å². The quantitative estimate of drug-likeness (QED) is 0.799. The van der Waals surface area contributed by atoms with Gasteiger partial charge in [0.1, 0.15) is 5.69 Å². The first-order valence-electron chi connectivity index (χ1n) is 5.64. The summed E-state index contributed by atoms with van der Waals surface area (Å²) in [6.07, 6.45) is -3.08. The van der Waals surface area contributed by atoms with Crippen molar-refractivity contribution in [3.8, 4) is 0 Å². The Hall–Kier alpha value is -2.11. The summed E-state index contributed by atoms with van der Waals surface area (Å²) in [7, 11) is 0. The van der Waals surface area contributed by atoms with E-state index in [1.165, 1.54) is 0 Å². The van der Waals surface area contributed by atoms with E-state index < -0.39 is 11.9 Å². The Morgan fingerprint density at radius 2 is 1.89 bits per heavy atom. The standard InChI is InChI=1S/C13H11F3N2O/c14-13(15,16)11-8-17-12(9-19)18(11)7-6-10-4-2-1-3-5-10/h1-5,8-9H,6-7H2. The number of rotatable bonds is 4. The van der Waals surface area contributed by atoms with Crippen LogP contribution in [0.4, 0.5) is 13.2 Å². The summed E-state index contributed by atoms with van der Waals surface area (Å²) >= 11 is 0. The largest absolute Gasteiger partial charge is 0.433 e. The highest BCUT2D eigenvalue weighted by molar-refractivity contribution is 5.69. The maximum atomic E-state index is 12.7. The number of hydrogen-bond donors (Lipinski definition) is 0. The number of aryl methyl sites for hydroxylation is 1. The highest BCUT2D eigenvalue weighted by atomic mass is 19.4. The van der Waals surface area contributed by atoms with Crippen LogP contribution < -0.4 is 0 Å². The molecule has 100 valence electrons. The minimum absolute atomic E-state index is 0.0624. The molecule has 0 aliphatic heterocycles. The van der Waals surface area contributed by atoms with Crippen LogP contribution in [-0.2, 0) is 19.1 Å². The minimum Gasteiger partial charge on any atom is -0.318 e. The number of alkyl halides is 3. The molecule has 0 N–H and O–H groups in total. The summed E-state index contributed by atoms with van der Waals surface area (Å²) < 4.78 is 39.1. The molecule has 2 rings (SSSR count). The average Bonchev–Trinajstić information content (AvgIpc) is 2.80. The summed E-state index contributed by atoms with van der Waals surface area (Å²) in [5.74, 6) is -0.205. The zero-order valence-corrected chi connectivity index (χ0v) is 9.89. The summed E-state index contributed by atoms with van der Waals surface area (Å²) in [6, 6.07) is 9.11. The van der Waals surface area contributed by atoms with Crippen LogP contribution in [0.3, 0.4) is 0 Å². The van der Waals surface area contributed by atoms with Crippen molar-refractivity contribution < 1.29 is 18.0 Å². The lowest BCUT2D eigenvalue weighted by molar-refractivity contribution is -0.143. The molecule has 3 nitrogen and oxygen atoms in total. The lowest BCUT2D eigenvalue weighted by Gasteiger charge is -2.12. The highest BCUT2D eigenvalue weighted by Crippen LogP contribution is 2.29. The van der Waals surface area contributed by atoms with Crippen LogP contribution in [0.5, 0.6) is 0 Å². The lowest BCUT2D eigenvalue weighted by Crippen LogP contribution is -2.16. The van der Waals surface area contributed by atoms with E-state index in [-0.39, 0.29) is 12.4 Å². The summed E-state index contributed by atoms with van der Waals surface area (Å²) in [5, 5.41) is 0. The van der Waals surface area contributed by atoms with E-state index in [1.54, 1.807) is 0 Å². The third kappa shape index (κ3) is 3.01. The second-order valence-corrected chi connectivity index (χ2v) is 4.00. The Balaban J connectivity index is 2.24. The van der Waals surface area contributed by atoms with Crippen molar-refractivity contribution in [3.05, 3.63) is 53.6 Å². The van der Waals surface area contributed by atoms with Gasteiger partial charge in [0.05, 0.1) is 6.20 Å². The lowest BCUT2D eigenvalue weighted by atomic mass is 10.1. The van der Waals surface area contributed by atoms with E-state index in [0.29, 0.717) is 18.9 Å². The molecule has 0 radical (unpaired) electrons. The fraction of sp³-hybridized carbons (Fsp3) is 0.231. The molecule has 2 aromatic rings. The van der Waals surface area contributed by atoms with Gasteiger partial charge in [-0.25, -0.2) is 4.98 Å². The molecule has 0 fully saturated rings. The summed E-state index contributed by atoms with van der Waals surface area (Å²) in [6.45, 7) is 0.0624. The molecule has 1 aromatic heterocycles. The number of hydrogen-bond acceptors (Lipinski definition) is 2. The fourth-order valence-corrected chi connectivity index (χ4v) is 1.83. The van der Waals surface area contributed by atoms with Gasteiger partial charge in [0.2, 0.25) is 0 Å². The van der Waals surface area contributed by atoms with Gasteiger partial charge in [0.25, 0.3) is 0 Å². The number of benzene rings is 1. The maximum Gasteiger partial charge on any atom is 0.433 e. The molecule has 0 aliphatic rings. The van der Waals surface area contributed by atoms with E-state index in [9.17, 15) is 18.0 Å². The van der Waals surface area contributed by atoms with Gasteiger partial charge in [-0.05, 0) is 12.0 Å². The monoisotopic (exact) mass is 268 g/mol. The van der Waals surface area contributed by atoms with Crippen molar-refractivity contribution in [2.24, 2.45) is 0 Å². The number of halogens is 3. The number of aldehydes is 1. The number of carbonyl (C=O) groups is 1. The smallest absolute Gasteiger partial charge is 0.318 e. The summed E-state index contributed by atoms with van der Waals surface area (Å²) in [5.41, 5.74) is 0.00621. The highest BCUT2D eigenvalue weighted by Gasteiger charge is 2.35. The van der Waals surface area contributed by atoms with Crippen molar-refractivity contribution in [2.75, 3.05) is 0 Å². The van der Waals surface area contributed by atoms with Crippen molar-refractivity contribution in [1.82, 2.24) is 9.55 Å². The minimum atomic E-state index is -4.51. The molecule has 0 amide bonds. The van der Waals surface area contributed by atoms with Gasteiger partial charge in [0.15, 0.2) is 12.1 Å². The maximum absolute atomic E-state index is 12.7. The van der Waals surface area contributed by atoms with Crippen LogP contribution in [0.25, 0.3) is 0 Å². The van der Waals surface area contributed by atoms with Crippen molar-refractivity contribution in [3.63, 3.8) is 0 Å². The van der Waals surface area contributed by atoms with Crippen molar-refractivity contribution in [1.29, 1.82) is 0 Å². The molecular weight excluding hydrogens is 257 g/mol. The second-order valence-electron chi connectivity index (χ2n) is 4.00. The zero-order valence-electron chi connectivity index (χ0n) is 9.89. The van der Waals surface area contributed by atoms with Crippen LogP contribution in [0.2, 0.25) is 0 Å². The Morgan fingerprint density at radius 1 is 1.21 bits per heavy atom. The molecule has 6 heteroatoms.